The number of para-hydroxylation sites is 1. The Morgan fingerprint density at radius 3 is 2.75 bits per heavy atom. The van der Waals surface area contributed by atoms with Crippen LogP contribution in [0.15, 0.2) is 41.8 Å². The Kier molecular flexibility index (Phi) is 4.60. The van der Waals surface area contributed by atoms with Gasteiger partial charge in [0, 0.05) is 16.1 Å². The molecule has 1 aromatic heterocycles. The molecule has 1 atom stereocenters. The second-order valence-electron chi connectivity index (χ2n) is 6.71. The van der Waals surface area contributed by atoms with E-state index in [0.717, 1.165) is 28.2 Å². The highest BCUT2D eigenvalue weighted by atomic mass is 32.1. The monoisotopic (exact) mass is 398 g/mol. The largest absolute Gasteiger partial charge is 0.325 e. The van der Waals surface area contributed by atoms with Gasteiger partial charge in [-0.1, -0.05) is 18.2 Å². The van der Waals surface area contributed by atoms with Crippen molar-refractivity contribution in [3.05, 3.63) is 52.2 Å². The fraction of sp³-hybridized carbons (Fsp3) is 0.263. The van der Waals surface area contributed by atoms with Crippen molar-refractivity contribution in [1.82, 2.24) is 15.5 Å². The molecule has 0 saturated carbocycles. The average molecular weight is 398 g/mol. The number of nitrogens with one attached hydrogen (secondary N) is 3. The Hall–Kier alpha value is -3.20. The van der Waals surface area contributed by atoms with Crippen molar-refractivity contribution in [1.29, 1.82) is 0 Å². The zero-order valence-corrected chi connectivity index (χ0v) is 15.7. The number of nitrogens with zero attached hydrogens (tertiary/aromatic N) is 1. The first-order valence-electron chi connectivity index (χ1n) is 8.86. The minimum atomic E-state index is -1.10. The highest BCUT2D eigenvalue weighted by Gasteiger charge is 2.54. The van der Waals surface area contributed by atoms with Crippen LogP contribution in [0.2, 0.25) is 0 Å². The van der Waals surface area contributed by atoms with Gasteiger partial charge in [-0.25, -0.2) is 9.59 Å². The van der Waals surface area contributed by atoms with Crippen molar-refractivity contribution in [2.24, 2.45) is 0 Å². The number of thiophene rings is 1. The summed E-state index contributed by atoms with van der Waals surface area (Å²) >= 11 is 1.56. The van der Waals surface area contributed by atoms with Crippen LogP contribution in [-0.4, -0.2) is 35.3 Å². The molecule has 2 aliphatic rings. The number of hydrogen-bond acceptors (Lipinski definition) is 5. The normalized spacial score (nSPS) is 20.6. The molecule has 1 aliphatic heterocycles. The predicted molar refractivity (Wildman–Crippen MR) is 103 cm³/mol. The molecule has 4 rings (SSSR count). The van der Waals surface area contributed by atoms with Gasteiger partial charge < -0.3 is 10.6 Å². The van der Waals surface area contributed by atoms with Gasteiger partial charge in [-0.15, -0.1) is 11.3 Å². The summed E-state index contributed by atoms with van der Waals surface area (Å²) in [4.78, 5) is 51.6. The van der Waals surface area contributed by atoms with Gasteiger partial charge in [0.15, 0.2) is 0 Å². The van der Waals surface area contributed by atoms with E-state index in [0.29, 0.717) is 12.1 Å². The van der Waals surface area contributed by atoms with E-state index in [9.17, 15) is 19.2 Å². The van der Waals surface area contributed by atoms with E-state index in [1.54, 1.807) is 41.7 Å². The third kappa shape index (κ3) is 3.13. The minimum Gasteiger partial charge on any atom is -0.319 e. The molecular weight excluding hydrogens is 380 g/mol. The summed E-state index contributed by atoms with van der Waals surface area (Å²) in [6.07, 6.45) is 2.14. The van der Waals surface area contributed by atoms with Crippen LogP contribution in [0.25, 0.3) is 0 Å². The van der Waals surface area contributed by atoms with Crippen LogP contribution in [0.4, 0.5) is 15.3 Å². The molecule has 1 aromatic carbocycles. The topological polar surface area (TPSA) is 108 Å². The van der Waals surface area contributed by atoms with E-state index in [4.69, 9.17) is 0 Å². The lowest BCUT2D eigenvalue weighted by Gasteiger charge is -2.31. The number of amides is 6. The fourth-order valence-corrected chi connectivity index (χ4v) is 4.68. The van der Waals surface area contributed by atoms with Crippen molar-refractivity contribution in [3.8, 4) is 0 Å². The molecule has 0 radical (unpaired) electrons. The molecule has 144 valence electrons. The number of urea groups is 2. The van der Waals surface area contributed by atoms with Crippen LogP contribution < -0.4 is 16.0 Å². The number of anilines is 1. The van der Waals surface area contributed by atoms with Gasteiger partial charge in [-0.2, -0.15) is 0 Å². The first-order chi connectivity index (χ1) is 13.5. The molecule has 2 heterocycles. The molecule has 1 aliphatic carbocycles. The van der Waals surface area contributed by atoms with Crippen molar-refractivity contribution >= 4 is 40.9 Å². The average Bonchev–Trinajstić information content (AvgIpc) is 3.23. The Balaban J connectivity index is 1.43. The fourth-order valence-electron chi connectivity index (χ4n) is 3.68. The quantitative estimate of drug-likeness (QED) is 0.689. The number of fused-ring (bicyclic) bond motifs is 2. The maximum absolute atomic E-state index is 13.0. The summed E-state index contributed by atoms with van der Waals surface area (Å²) in [7, 11) is 0. The van der Waals surface area contributed by atoms with Crippen LogP contribution in [0, 0.1) is 0 Å². The van der Waals surface area contributed by atoms with Crippen molar-refractivity contribution < 1.29 is 19.2 Å². The molecule has 9 heteroatoms. The van der Waals surface area contributed by atoms with Crippen LogP contribution in [0.5, 0.6) is 0 Å². The summed E-state index contributed by atoms with van der Waals surface area (Å²) in [5.74, 6) is -1.19. The van der Waals surface area contributed by atoms with Gasteiger partial charge in [0.05, 0.1) is 0 Å². The van der Waals surface area contributed by atoms with E-state index in [1.807, 2.05) is 11.4 Å². The molecule has 28 heavy (non-hydrogen) atoms. The Morgan fingerprint density at radius 1 is 1.18 bits per heavy atom. The second-order valence-corrected chi connectivity index (χ2v) is 7.71. The van der Waals surface area contributed by atoms with E-state index >= 15 is 0 Å². The SMILES string of the molecule is O=C(CN1C(=O)N[C@]2(CCCc3sccc32)C1=O)NC(=O)Nc1ccccc1. The van der Waals surface area contributed by atoms with E-state index in [-0.39, 0.29) is 0 Å². The van der Waals surface area contributed by atoms with Gasteiger partial charge in [-0.3, -0.25) is 19.8 Å². The van der Waals surface area contributed by atoms with E-state index in [1.165, 1.54) is 0 Å². The molecular formula is C19H18N4O4S. The lowest BCUT2D eigenvalue weighted by atomic mass is 9.80. The number of carbonyl (C=O) groups excluding carboxylic acids is 4. The first-order valence-corrected chi connectivity index (χ1v) is 9.74. The molecule has 6 amide bonds. The van der Waals surface area contributed by atoms with Crippen molar-refractivity contribution in [2.75, 3.05) is 11.9 Å². The maximum atomic E-state index is 13.0. The Morgan fingerprint density at radius 2 is 1.96 bits per heavy atom. The van der Waals surface area contributed by atoms with Crippen molar-refractivity contribution in [3.63, 3.8) is 0 Å². The summed E-state index contributed by atoms with van der Waals surface area (Å²) < 4.78 is 0. The maximum Gasteiger partial charge on any atom is 0.325 e. The number of rotatable bonds is 3. The van der Waals surface area contributed by atoms with Gasteiger partial charge in [-0.05, 0) is 42.8 Å². The molecule has 8 nitrogen and oxygen atoms in total. The highest BCUT2D eigenvalue weighted by molar-refractivity contribution is 7.10. The van der Waals surface area contributed by atoms with Crippen LogP contribution >= 0.6 is 11.3 Å². The number of imide groups is 2. The molecule has 1 spiro atoms. The van der Waals surface area contributed by atoms with Gasteiger partial charge in [0.25, 0.3) is 5.91 Å². The summed E-state index contributed by atoms with van der Waals surface area (Å²) in [6.45, 7) is -0.520. The Bertz CT molecular complexity index is 958. The number of aryl methyl sites for hydroxylation is 1. The zero-order valence-electron chi connectivity index (χ0n) is 14.9. The van der Waals surface area contributed by atoms with E-state index < -0.39 is 36.0 Å². The van der Waals surface area contributed by atoms with E-state index in [2.05, 4.69) is 16.0 Å². The zero-order chi connectivity index (χ0) is 19.7. The summed E-state index contributed by atoms with van der Waals surface area (Å²) in [5, 5.41) is 9.33. The standard InChI is InChI=1S/C19H18N4O4S/c24-15(21-17(26)20-12-5-2-1-3-6-12)11-23-16(25)19(22-18(23)27)9-4-7-14-13(19)8-10-28-14/h1-3,5-6,8,10H,4,7,9,11H2,(H,22,27)(H2,20,21,24,26)/t19-/m0/s1. The van der Waals surface area contributed by atoms with Crippen LogP contribution in [-0.2, 0) is 21.5 Å². The molecule has 1 fully saturated rings. The summed E-state index contributed by atoms with van der Waals surface area (Å²) in [6, 6.07) is 9.14. The minimum absolute atomic E-state index is 0.449. The second kappa shape index (κ2) is 7.08. The van der Waals surface area contributed by atoms with Gasteiger partial charge in [0.1, 0.15) is 12.1 Å². The lowest BCUT2D eigenvalue weighted by molar-refractivity contribution is -0.135. The molecule has 1 saturated heterocycles. The van der Waals surface area contributed by atoms with Gasteiger partial charge >= 0.3 is 12.1 Å². The third-order valence-corrected chi connectivity index (χ3v) is 5.90. The van der Waals surface area contributed by atoms with Crippen LogP contribution in [0.1, 0.15) is 23.3 Å². The number of hydrogen-bond donors (Lipinski definition) is 3. The number of carbonyl (C=O) groups is 4. The molecule has 2 aromatic rings. The van der Waals surface area contributed by atoms with Crippen molar-refractivity contribution in [2.45, 2.75) is 24.8 Å². The number of benzene rings is 1. The van der Waals surface area contributed by atoms with Crippen LogP contribution in [0.3, 0.4) is 0 Å². The summed E-state index contributed by atoms with van der Waals surface area (Å²) in [5.41, 5.74) is 0.234. The smallest absolute Gasteiger partial charge is 0.319 e. The first kappa shape index (κ1) is 18.2. The molecule has 3 N–H and O–H groups in total. The molecule has 0 bridgehead atoms. The highest BCUT2D eigenvalue weighted by Crippen LogP contribution is 2.41. The lowest BCUT2D eigenvalue weighted by Crippen LogP contribution is -2.47. The van der Waals surface area contributed by atoms with Gasteiger partial charge in [0.2, 0.25) is 5.91 Å². The third-order valence-electron chi connectivity index (χ3n) is 4.92. The Labute approximate surface area is 164 Å². The predicted octanol–water partition coefficient (Wildman–Crippen LogP) is 2.18. The molecule has 0 unspecified atom stereocenters.